The molecule has 0 unspecified atom stereocenters. The highest BCUT2D eigenvalue weighted by molar-refractivity contribution is 7.12. The van der Waals surface area contributed by atoms with Crippen molar-refractivity contribution in [1.82, 2.24) is 15.2 Å². The van der Waals surface area contributed by atoms with E-state index in [-0.39, 0.29) is 34.2 Å². The van der Waals surface area contributed by atoms with Crippen LogP contribution in [0.4, 0.5) is 4.70 Å². The number of esters is 1. The van der Waals surface area contributed by atoms with Gasteiger partial charge in [0.1, 0.15) is 23.4 Å². The summed E-state index contributed by atoms with van der Waals surface area (Å²) in [4.78, 5) is 31.2. The van der Waals surface area contributed by atoms with Crippen molar-refractivity contribution in [3.63, 3.8) is 0 Å². The fraction of sp³-hybridized carbons (Fsp3) is 0.400. The van der Waals surface area contributed by atoms with Gasteiger partial charge in [0.25, 0.3) is 0 Å². The summed E-state index contributed by atoms with van der Waals surface area (Å²) in [6.07, 6.45) is 3.96. The molecule has 6 rings (SSSR count). The number of unbranched alkanes of at least 4 members (excludes halogenated alkanes) is 1. The van der Waals surface area contributed by atoms with Gasteiger partial charge in [-0.2, -0.15) is 0 Å². The molecular formula is C40H47ClFN3O8S2. The first-order valence-electron chi connectivity index (χ1n) is 18.0. The molecule has 3 aromatic heterocycles. The lowest BCUT2D eigenvalue weighted by Crippen LogP contribution is -2.42. The summed E-state index contributed by atoms with van der Waals surface area (Å²) >= 11 is 9.30. The van der Waals surface area contributed by atoms with E-state index in [2.05, 4.69) is 22.2 Å². The van der Waals surface area contributed by atoms with E-state index in [1.807, 2.05) is 22.9 Å². The Bertz CT molecular complexity index is 2020. The van der Waals surface area contributed by atoms with Crippen LogP contribution in [0.25, 0.3) is 10.9 Å². The second-order valence-corrected chi connectivity index (χ2v) is 15.9. The van der Waals surface area contributed by atoms with Crippen LogP contribution in [0.1, 0.15) is 65.5 Å². The molecule has 5 aromatic rings. The van der Waals surface area contributed by atoms with E-state index in [0.717, 1.165) is 50.6 Å². The van der Waals surface area contributed by atoms with Crippen molar-refractivity contribution >= 4 is 51.1 Å². The molecule has 55 heavy (non-hydrogen) atoms. The van der Waals surface area contributed by atoms with Crippen molar-refractivity contribution in [2.75, 3.05) is 33.9 Å². The zero-order valence-corrected chi connectivity index (χ0v) is 33.1. The lowest BCUT2D eigenvalue weighted by atomic mass is 9.91. The number of phenolic OH excluding ortho intramolecular Hbond substituents is 1. The van der Waals surface area contributed by atoms with Gasteiger partial charge in [0, 0.05) is 42.2 Å². The number of thiophene rings is 2. The molecule has 15 heteroatoms. The first kappa shape index (κ1) is 42.1. The van der Waals surface area contributed by atoms with Crippen molar-refractivity contribution in [3.05, 3.63) is 108 Å². The molecule has 5 N–H and O–H groups in total. The van der Waals surface area contributed by atoms with Gasteiger partial charge in [0.05, 0.1) is 40.1 Å². The van der Waals surface area contributed by atoms with Gasteiger partial charge in [-0.3, -0.25) is 9.50 Å². The number of phenols is 1. The number of rotatable bonds is 17. The van der Waals surface area contributed by atoms with Crippen LogP contribution in [0.15, 0.2) is 76.2 Å². The molecule has 0 bridgehead atoms. The number of aromatic hydroxyl groups is 1. The fourth-order valence-corrected chi connectivity index (χ4v) is 8.93. The summed E-state index contributed by atoms with van der Waals surface area (Å²) < 4.78 is 17.6. The molecule has 0 amide bonds. The van der Waals surface area contributed by atoms with Gasteiger partial charge in [0.15, 0.2) is 0 Å². The predicted molar refractivity (Wildman–Crippen MR) is 215 cm³/mol. The zero-order valence-electron chi connectivity index (χ0n) is 30.7. The maximum atomic E-state index is 13.4. The number of fused-ring (bicyclic) bond motifs is 1. The highest BCUT2D eigenvalue weighted by Gasteiger charge is 2.45. The minimum Gasteiger partial charge on any atom is -0.506 e. The number of aromatic nitrogens is 1. The number of hydrogen-bond donors (Lipinski definition) is 5. The molecule has 1 aliphatic carbocycles. The van der Waals surface area contributed by atoms with Crippen molar-refractivity contribution in [2.45, 2.75) is 68.9 Å². The molecular weight excluding hydrogens is 769 g/mol. The third-order valence-corrected chi connectivity index (χ3v) is 12.3. The number of carbonyl (C=O) groups is 1. The summed E-state index contributed by atoms with van der Waals surface area (Å²) in [5.74, 6) is 0.471. The highest BCUT2D eigenvalue weighted by atomic mass is 35.5. The number of nitrogens with zero attached hydrogens (tertiary/aromatic N) is 1. The third kappa shape index (κ3) is 9.87. The number of nitrogens with one attached hydrogen (secondary N) is 2. The van der Waals surface area contributed by atoms with Gasteiger partial charge in [0.2, 0.25) is 11.2 Å². The van der Waals surface area contributed by atoms with Crippen molar-refractivity contribution < 1.29 is 39.0 Å². The normalized spacial score (nSPS) is 16.5. The number of aliphatic hydroxyl groups is 2. The van der Waals surface area contributed by atoms with Gasteiger partial charge < -0.3 is 44.7 Å². The maximum absolute atomic E-state index is 13.4. The molecule has 296 valence electrons. The molecule has 0 aliphatic heterocycles. The Morgan fingerprint density at radius 3 is 2.40 bits per heavy atom. The van der Waals surface area contributed by atoms with Crippen LogP contribution in [0.2, 0.25) is 5.02 Å². The van der Waals surface area contributed by atoms with Crippen molar-refractivity contribution in [3.8, 4) is 17.2 Å². The molecule has 3 heterocycles. The summed E-state index contributed by atoms with van der Waals surface area (Å²) in [5, 5.41) is 40.6. The third-order valence-electron chi connectivity index (χ3n) is 10.0. The van der Waals surface area contributed by atoms with E-state index >= 15 is 0 Å². The summed E-state index contributed by atoms with van der Waals surface area (Å²) in [5.41, 5.74) is -0.461. The van der Waals surface area contributed by atoms with Crippen molar-refractivity contribution in [1.29, 1.82) is 0 Å². The quantitative estimate of drug-likeness (QED) is 0.0496. The van der Waals surface area contributed by atoms with Crippen LogP contribution >= 0.6 is 34.3 Å². The lowest BCUT2D eigenvalue weighted by molar-refractivity contribution is -0.169. The van der Waals surface area contributed by atoms with Gasteiger partial charge >= 0.3 is 5.97 Å². The predicted octanol–water partition coefficient (Wildman–Crippen LogP) is 6.88. The number of hydrogen-bond acceptors (Lipinski definition) is 12. The average molecular weight is 816 g/mol. The van der Waals surface area contributed by atoms with Gasteiger partial charge in [-0.05, 0) is 98.8 Å². The van der Waals surface area contributed by atoms with Gasteiger partial charge in [-0.25, -0.2) is 4.79 Å². The molecule has 11 nitrogen and oxygen atoms in total. The van der Waals surface area contributed by atoms with Gasteiger partial charge in [-0.15, -0.1) is 22.7 Å². The smallest absolute Gasteiger partial charge is 0.349 e. The van der Waals surface area contributed by atoms with Crippen LogP contribution in [0.5, 0.6) is 17.2 Å². The van der Waals surface area contributed by atoms with E-state index < -0.39 is 17.7 Å². The minimum atomic E-state index is -1.78. The number of H-pyrrole nitrogens is 1. The Labute approximate surface area is 331 Å². The van der Waals surface area contributed by atoms with E-state index in [1.54, 1.807) is 43.5 Å². The number of carbonyl (C=O) groups excluding carboxylic acids is 1. The van der Waals surface area contributed by atoms with E-state index in [0.29, 0.717) is 56.4 Å². The molecule has 1 fully saturated rings. The van der Waals surface area contributed by atoms with Crippen LogP contribution in [-0.2, 0) is 21.7 Å². The molecule has 1 saturated carbocycles. The van der Waals surface area contributed by atoms with Crippen LogP contribution in [0, 0.1) is 0 Å². The average Bonchev–Trinajstić information content (AvgIpc) is 3.92. The Hall–Kier alpha value is -4.02. The van der Waals surface area contributed by atoms with E-state index in [4.69, 9.17) is 25.8 Å². The van der Waals surface area contributed by atoms with Crippen LogP contribution in [-0.4, -0.2) is 77.2 Å². The Balaban J connectivity index is 0.00000580. The summed E-state index contributed by atoms with van der Waals surface area (Å²) in [6, 6.07) is 17.2. The lowest BCUT2D eigenvalue weighted by Gasteiger charge is -2.35. The number of benzene rings is 2. The standard InChI is InChI=1S/C40H46ClN3O8S2.FH/c1-44(26-9-11-27(12-10-26)52-39(48)40(49,35-7-5-19-53-35)36-8-6-20-54-36)17-3-4-18-51-34-22-33(50-2)25(21-30(34)41)23-42-24-32(46)28-13-15-31(45)38-29(28)14-16-37(47)43-38;/h5-8,13-16,19-22,26-27,32,42,45-46,49H,3-4,9-12,17-18,23-24H2,1-2H3,(H,43,47);1H/t26-,27-,32-;/m0./s1. The molecule has 0 radical (unpaired) electrons. The first-order chi connectivity index (χ1) is 26.1. The minimum absolute atomic E-state index is 0. The van der Waals surface area contributed by atoms with Crippen LogP contribution in [0.3, 0.4) is 0 Å². The topological polar surface area (TPSA) is 154 Å². The maximum Gasteiger partial charge on any atom is 0.349 e. The van der Waals surface area contributed by atoms with Crippen molar-refractivity contribution in [2.24, 2.45) is 0 Å². The number of pyridine rings is 1. The number of aliphatic hydroxyl groups excluding tert-OH is 1. The Morgan fingerprint density at radius 1 is 1.04 bits per heavy atom. The number of methoxy groups -OCH3 is 1. The van der Waals surface area contributed by atoms with E-state index in [1.165, 1.54) is 34.8 Å². The largest absolute Gasteiger partial charge is 0.506 e. The second-order valence-electron chi connectivity index (χ2n) is 13.6. The Morgan fingerprint density at radius 2 is 1.75 bits per heavy atom. The monoisotopic (exact) mass is 815 g/mol. The number of ether oxygens (including phenoxy) is 3. The van der Waals surface area contributed by atoms with Crippen LogP contribution < -0.4 is 20.3 Å². The number of aromatic amines is 1. The summed E-state index contributed by atoms with van der Waals surface area (Å²) in [6.45, 7) is 1.97. The molecule has 0 saturated heterocycles. The first-order valence-corrected chi connectivity index (χ1v) is 20.2. The number of halogens is 2. The van der Waals surface area contributed by atoms with Gasteiger partial charge in [-0.1, -0.05) is 29.8 Å². The second kappa shape index (κ2) is 19.2. The zero-order chi connectivity index (χ0) is 38.2. The fourth-order valence-electron chi connectivity index (χ4n) is 6.98. The van der Waals surface area contributed by atoms with E-state index in [9.17, 15) is 24.9 Å². The SMILES string of the molecule is COc1cc(OCCCCN(C)[C@H]2CC[C@H](OC(=O)C(O)(c3cccs3)c3cccs3)CC2)c(Cl)cc1CNC[C@H](O)c1ccc(O)c2[nH]c(=O)ccc12.F. The Kier molecular flexibility index (Phi) is 14.7. The molecule has 1 aliphatic rings. The molecule has 1 atom stereocenters. The summed E-state index contributed by atoms with van der Waals surface area (Å²) in [7, 11) is 3.71. The molecule has 2 aromatic carbocycles. The highest BCUT2D eigenvalue weighted by Crippen LogP contribution is 2.38. The molecule has 0 spiro atoms.